The smallest absolute Gasteiger partial charge is 0.225 e. The Morgan fingerprint density at radius 3 is 2.20 bits per heavy atom. The van der Waals surface area contributed by atoms with E-state index in [1.165, 1.54) is 0 Å². The molecule has 1 unspecified atom stereocenters. The van der Waals surface area contributed by atoms with Crippen molar-refractivity contribution in [2.24, 2.45) is 0 Å². The molecule has 0 radical (unpaired) electrons. The Balaban J connectivity index is 2.65. The van der Waals surface area contributed by atoms with Gasteiger partial charge in [0.05, 0.1) is 7.11 Å². The number of alkyl halides is 3. The van der Waals surface area contributed by atoms with Crippen LogP contribution in [0.3, 0.4) is 0 Å². The molecule has 0 aliphatic carbocycles. The van der Waals surface area contributed by atoms with Gasteiger partial charge in [-0.15, -0.1) is 0 Å². The minimum absolute atomic E-state index is 0.739. The number of hydrogen-bond acceptors (Lipinski definition) is 3. The molecular formula is C9H9Cl3O2S. The molecule has 15 heavy (non-hydrogen) atoms. The Labute approximate surface area is 107 Å². The van der Waals surface area contributed by atoms with Crippen LogP contribution in [0.25, 0.3) is 0 Å². The van der Waals surface area contributed by atoms with Crippen molar-refractivity contribution in [2.75, 3.05) is 7.11 Å². The highest BCUT2D eigenvalue weighted by molar-refractivity contribution is 8.00. The Morgan fingerprint density at radius 1 is 1.27 bits per heavy atom. The first-order valence-electron chi connectivity index (χ1n) is 3.99. The van der Waals surface area contributed by atoms with E-state index >= 15 is 0 Å². The van der Waals surface area contributed by atoms with Crippen LogP contribution in [-0.2, 0) is 0 Å². The predicted octanol–water partition coefficient (Wildman–Crippen LogP) is 3.48. The van der Waals surface area contributed by atoms with E-state index in [1.54, 1.807) is 31.4 Å². The maximum absolute atomic E-state index is 9.50. The van der Waals surface area contributed by atoms with Crippen LogP contribution in [0.1, 0.15) is 0 Å². The molecule has 0 bridgehead atoms. The monoisotopic (exact) mass is 286 g/mol. The number of halogens is 3. The highest BCUT2D eigenvalue weighted by Crippen LogP contribution is 2.39. The van der Waals surface area contributed by atoms with Gasteiger partial charge in [0.15, 0.2) is 5.44 Å². The maximum atomic E-state index is 9.50. The van der Waals surface area contributed by atoms with Crippen molar-refractivity contribution < 1.29 is 9.84 Å². The van der Waals surface area contributed by atoms with Crippen LogP contribution in [-0.4, -0.2) is 21.4 Å². The van der Waals surface area contributed by atoms with Gasteiger partial charge in [0.25, 0.3) is 0 Å². The van der Waals surface area contributed by atoms with Gasteiger partial charge < -0.3 is 9.84 Å². The molecule has 0 aromatic heterocycles. The number of methoxy groups -OCH3 is 1. The van der Waals surface area contributed by atoms with Crippen LogP contribution in [0.5, 0.6) is 5.75 Å². The average molecular weight is 288 g/mol. The molecule has 6 heteroatoms. The zero-order valence-corrected chi connectivity index (χ0v) is 10.9. The molecule has 0 spiro atoms. The summed E-state index contributed by atoms with van der Waals surface area (Å²) >= 11 is 17.7. The Hall–Kier alpha value is 0.200. The predicted molar refractivity (Wildman–Crippen MR) is 65.1 cm³/mol. The number of aliphatic hydroxyl groups excluding tert-OH is 1. The van der Waals surface area contributed by atoms with Crippen molar-refractivity contribution in [3.8, 4) is 5.75 Å². The fourth-order valence-corrected chi connectivity index (χ4v) is 1.94. The molecule has 2 nitrogen and oxygen atoms in total. The third-order valence-corrected chi connectivity index (χ3v) is 3.72. The molecule has 1 atom stereocenters. The molecule has 1 rings (SSSR count). The van der Waals surface area contributed by atoms with Crippen LogP contribution in [0.15, 0.2) is 29.2 Å². The summed E-state index contributed by atoms with van der Waals surface area (Å²) in [5.41, 5.74) is -1.10. The van der Waals surface area contributed by atoms with Gasteiger partial charge in [0, 0.05) is 4.90 Å². The second kappa shape index (κ2) is 5.51. The molecule has 0 heterocycles. The van der Waals surface area contributed by atoms with E-state index in [0.29, 0.717) is 0 Å². The molecule has 0 aliphatic heterocycles. The van der Waals surface area contributed by atoms with Gasteiger partial charge in [0.1, 0.15) is 5.75 Å². The Morgan fingerprint density at radius 2 is 1.80 bits per heavy atom. The number of ether oxygens (including phenoxy) is 1. The summed E-state index contributed by atoms with van der Waals surface area (Å²) in [5.74, 6) is 0.739. The minimum atomic E-state index is -1.69. The number of hydrogen-bond donors (Lipinski definition) is 1. The molecule has 0 fully saturated rings. The highest BCUT2D eigenvalue weighted by atomic mass is 35.6. The lowest BCUT2D eigenvalue weighted by Crippen LogP contribution is -2.20. The van der Waals surface area contributed by atoms with Crippen molar-refractivity contribution in [3.05, 3.63) is 24.3 Å². The SMILES string of the molecule is COc1ccc(SC(O)C(Cl)(Cl)Cl)cc1. The third-order valence-electron chi connectivity index (χ3n) is 1.59. The molecule has 0 saturated heterocycles. The van der Waals surface area contributed by atoms with Gasteiger partial charge in [-0.05, 0) is 24.3 Å². The molecule has 1 N–H and O–H groups in total. The van der Waals surface area contributed by atoms with E-state index in [9.17, 15) is 5.11 Å². The summed E-state index contributed by atoms with van der Waals surface area (Å²) < 4.78 is 3.30. The Bertz CT molecular complexity index is 310. The van der Waals surface area contributed by atoms with Crippen LogP contribution >= 0.6 is 46.6 Å². The van der Waals surface area contributed by atoms with E-state index < -0.39 is 9.23 Å². The zero-order valence-electron chi connectivity index (χ0n) is 7.78. The summed E-state index contributed by atoms with van der Waals surface area (Å²) in [4.78, 5) is 0.801. The average Bonchev–Trinajstić information content (AvgIpc) is 2.17. The number of rotatable bonds is 3. The summed E-state index contributed by atoms with van der Waals surface area (Å²) in [6.07, 6.45) is 0. The quantitative estimate of drug-likeness (QED) is 0.524. The third kappa shape index (κ3) is 4.29. The Kier molecular flexibility index (Phi) is 4.87. The summed E-state index contributed by atoms with van der Waals surface area (Å²) in [7, 11) is 1.58. The first-order chi connectivity index (χ1) is 6.93. The number of aliphatic hydroxyl groups is 1. The molecule has 0 amide bonds. The van der Waals surface area contributed by atoms with Crippen LogP contribution in [0.4, 0.5) is 0 Å². The molecule has 1 aromatic carbocycles. The fourth-order valence-electron chi connectivity index (χ4n) is 0.850. The van der Waals surface area contributed by atoms with Crippen LogP contribution in [0, 0.1) is 0 Å². The molecule has 1 aromatic rings. The molecule has 0 saturated carbocycles. The van der Waals surface area contributed by atoms with Crippen LogP contribution < -0.4 is 4.74 Å². The number of benzene rings is 1. The van der Waals surface area contributed by atoms with Gasteiger partial charge >= 0.3 is 0 Å². The first-order valence-corrected chi connectivity index (χ1v) is 6.00. The maximum Gasteiger partial charge on any atom is 0.225 e. The van der Waals surface area contributed by atoms with Crippen molar-refractivity contribution in [1.29, 1.82) is 0 Å². The number of thioether (sulfide) groups is 1. The van der Waals surface area contributed by atoms with Crippen molar-refractivity contribution >= 4 is 46.6 Å². The van der Waals surface area contributed by atoms with Gasteiger partial charge in [-0.3, -0.25) is 0 Å². The van der Waals surface area contributed by atoms with Gasteiger partial charge in [-0.2, -0.15) is 0 Å². The fraction of sp³-hybridized carbons (Fsp3) is 0.333. The highest BCUT2D eigenvalue weighted by Gasteiger charge is 2.31. The standard InChI is InChI=1S/C9H9Cl3O2S/c1-14-6-2-4-7(5-3-6)15-8(13)9(10,11)12/h2-5,8,13H,1H3. The lowest BCUT2D eigenvalue weighted by atomic mass is 10.3. The van der Waals surface area contributed by atoms with Crippen molar-refractivity contribution in [3.63, 3.8) is 0 Å². The topological polar surface area (TPSA) is 29.5 Å². The lowest BCUT2D eigenvalue weighted by Gasteiger charge is -2.18. The minimum Gasteiger partial charge on any atom is -0.497 e. The lowest BCUT2D eigenvalue weighted by molar-refractivity contribution is 0.268. The second-order valence-electron chi connectivity index (χ2n) is 2.69. The van der Waals surface area contributed by atoms with Gasteiger partial charge in [0.2, 0.25) is 3.79 Å². The van der Waals surface area contributed by atoms with Crippen molar-refractivity contribution in [1.82, 2.24) is 0 Å². The van der Waals surface area contributed by atoms with Crippen LogP contribution in [0.2, 0.25) is 0 Å². The normalized spacial score (nSPS) is 13.7. The van der Waals surface area contributed by atoms with E-state index in [-0.39, 0.29) is 0 Å². The van der Waals surface area contributed by atoms with Gasteiger partial charge in [-0.1, -0.05) is 46.6 Å². The van der Waals surface area contributed by atoms with E-state index in [4.69, 9.17) is 39.5 Å². The molecule has 0 aliphatic rings. The zero-order chi connectivity index (χ0) is 11.5. The van der Waals surface area contributed by atoms with Gasteiger partial charge in [-0.25, -0.2) is 0 Å². The van der Waals surface area contributed by atoms with E-state index in [0.717, 1.165) is 22.4 Å². The van der Waals surface area contributed by atoms with E-state index in [1.807, 2.05) is 0 Å². The molecular weight excluding hydrogens is 279 g/mol. The van der Waals surface area contributed by atoms with E-state index in [2.05, 4.69) is 0 Å². The summed E-state index contributed by atoms with van der Waals surface area (Å²) in [6, 6.07) is 7.10. The summed E-state index contributed by atoms with van der Waals surface area (Å²) in [5, 5.41) is 9.50. The first kappa shape index (κ1) is 13.3. The summed E-state index contributed by atoms with van der Waals surface area (Å²) in [6.45, 7) is 0. The second-order valence-corrected chi connectivity index (χ2v) is 6.21. The largest absolute Gasteiger partial charge is 0.497 e. The van der Waals surface area contributed by atoms with Crippen molar-refractivity contribution in [2.45, 2.75) is 14.1 Å². The molecule has 84 valence electrons.